The van der Waals surface area contributed by atoms with E-state index in [1.807, 2.05) is 0 Å². The Bertz CT molecular complexity index is 246. The molecule has 1 rings (SSSR count). The number of hydrogen-bond donors (Lipinski definition) is 4. The SMILES string of the molecule is CO[C@H]1O[C@@H](CO)[C@H](O)[C@@H](O)[C@@H]1NC(C)=O. The van der Waals surface area contributed by atoms with Crippen molar-refractivity contribution in [3.8, 4) is 0 Å². The molecule has 7 nitrogen and oxygen atoms in total. The van der Waals surface area contributed by atoms with Gasteiger partial charge in [0, 0.05) is 14.0 Å². The lowest BCUT2D eigenvalue weighted by Gasteiger charge is -2.41. The van der Waals surface area contributed by atoms with Gasteiger partial charge in [-0.25, -0.2) is 0 Å². The molecule has 0 spiro atoms. The molecule has 94 valence electrons. The summed E-state index contributed by atoms with van der Waals surface area (Å²) in [7, 11) is 1.35. The average Bonchev–Trinajstić information content (AvgIpc) is 2.25. The van der Waals surface area contributed by atoms with Gasteiger partial charge in [-0.15, -0.1) is 0 Å². The number of aliphatic hydroxyl groups excluding tert-OH is 3. The average molecular weight is 235 g/mol. The number of aliphatic hydroxyl groups is 3. The smallest absolute Gasteiger partial charge is 0.217 e. The number of rotatable bonds is 3. The third-order valence-corrected chi connectivity index (χ3v) is 2.48. The molecule has 4 N–H and O–H groups in total. The third kappa shape index (κ3) is 2.69. The van der Waals surface area contributed by atoms with Crippen LogP contribution in [0.15, 0.2) is 0 Å². The summed E-state index contributed by atoms with van der Waals surface area (Å²) < 4.78 is 10.1. The second-order valence-electron chi connectivity index (χ2n) is 3.67. The molecule has 1 saturated heterocycles. The van der Waals surface area contributed by atoms with Crippen molar-refractivity contribution in [3.05, 3.63) is 0 Å². The molecule has 0 aromatic carbocycles. The van der Waals surface area contributed by atoms with Crippen LogP contribution >= 0.6 is 0 Å². The first-order chi connectivity index (χ1) is 7.51. The Labute approximate surface area is 93.0 Å². The zero-order valence-corrected chi connectivity index (χ0v) is 9.16. The maximum atomic E-state index is 10.9. The van der Waals surface area contributed by atoms with Crippen molar-refractivity contribution in [2.45, 2.75) is 37.6 Å². The van der Waals surface area contributed by atoms with E-state index in [1.165, 1.54) is 14.0 Å². The van der Waals surface area contributed by atoms with Crippen molar-refractivity contribution < 1.29 is 29.6 Å². The number of carbonyl (C=O) groups excluding carboxylic acids is 1. The topological polar surface area (TPSA) is 108 Å². The Hall–Kier alpha value is -0.730. The Morgan fingerprint density at radius 2 is 2.06 bits per heavy atom. The molecule has 1 aliphatic rings. The fourth-order valence-electron chi connectivity index (χ4n) is 1.67. The van der Waals surface area contributed by atoms with Crippen LogP contribution in [0.1, 0.15) is 6.92 Å². The molecule has 1 aliphatic heterocycles. The maximum Gasteiger partial charge on any atom is 0.217 e. The van der Waals surface area contributed by atoms with Crippen molar-refractivity contribution in [3.63, 3.8) is 0 Å². The van der Waals surface area contributed by atoms with Gasteiger partial charge in [-0.2, -0.15) is 0 Å². The lowest BCUT2D eigenvalue weighted by Crippen LogP contribution is -2.64. The molecule has 0 unspecified atom stereocenters. The van der Waals surface area contributed by atoms with Crippen LogP contribution < -0.4 is 5.32 Å². The molecule has 1 fully saturated rings. The molecule has 0 saturated carbocycles. The van der Waals surface area contributed by atoms with Crippen LogP contribution in [0.25, 0.3) is 0 Å². The second-order valence-corrected chi connectivity index (χ2v) is 3.67. The third-order valence-electron chi connectivity index (χ3n) is 2.48. The van der Waals surface area contributed by atoms with Crippen LogP contribution in [0.3, 0.4) is 0 Å². The molecule has 1 heterocycles. The van der Waals surface area contributed by atoms with Crippen molar-refractivity contribution >= 4 is 5.91 Å². The van der Waals surface area contributed by atoms with Crippen LogP contribution in [-0.2, 0) is 14.3 Å². The number of hydrogen-bond acceptors (Lipinski definition) is 6. The summed E-state index contributed by atoms with van der Waals surface area (Å²) in [6, 6.07) is -0.861. The molecule has 0 radical (unpaired) electrons. The maximum absolute atomic E-state index is 10.9. The van der Waals surface area contributed by atoms with E-state index >= 15 is 0 Å². The van der Waals surface area contributed by atoms with Crippen molar-refractivity contribution in [2.75, 3.05) is 13.7 Å². The van der Waals surface area contributed by atoms with Gasteiger partial charge in [0.1, 0.15) is 24.4 Å². The predicted octanol–water partition coefficient (Wildman–Crippen LogP) is -2.42. The molecule has 7 heteroatoms. The van der Waals surface area contributed by atoms with E-state index in [1.54, 1.807) is 0 Å². The highest BCUT2D eigenvalue weighted by molar-refractivity contribution is 5.73. The Balaban J connectivity index is 2.77. The molecule has 0 aliphatic carbocycles. The van der Waals surface area contributed by atoms with E-state index in [2.05, 4.69) is 5.32 Å². The first-order valence-corrected chi connectivity index (χ1v) is 4.93. The van der Waals surface area contributed by atoms with Gasteiger partial charge in [-0.05, 0) is 0 Å². The number of amides is 1. The normalized spacial score (nSPS) is 39.4. The molecule has 0 aromatic heterocycles. The Morgan fingerprint density at radius 3 is 2.50 bits per heavy atom. The van der Waals surface area contributed by atoms with E-state index < -0.39 is 37.3 Å². The van der Waals surface area contributed by atoms with Crippen molar-refractivity contribution in [1.82, 2.24) is 5.32 Å². The summed E-state index contributed by atoms with van der Waals surface area (Å²) >= 11 is 0. The first kappa shape index (κ1) is 13.3. The summed E-state index contributed by atoms with van der Waals surface area (Å²) in [5, 5.41) is 30.7. The highest BCUT2D eigenvalue weighted by Crippen LogP contribution is 2.21. The number of nitrogens with one attached hydrogen (secondary N) is 1. The van der Waals surface area contributed by atoms with Crippen LogP contribution in [0, 0.1) is 0 Å². The van der Waals surface area contributed by atoms with Gasteiger partial charge in [-0.1, -0.05) is 0 Å². The van der Waals surface area contributed by atoms with Gasteiger partial charge in [0.25, 0.3) is 0 Å². The van der Waals surface area contributed by atoms with Gasteiger partial charge in [0.15, 0.2) is 6.29 Å². The first-order valence-electron chi connectivity index (χ1n) is 4.93. The summed E-state index contributed by atoms with van der Waals surface area (Å²) in [5.74, 6) is -0.371. The standard InChI is InChI=1S/C9H17NO6/c1-4(12)10-6-8(14)7(13)5(3-11)16-9(6)15-2/h5-9,11,13-14H,3H2,1-2H3,(H,10,12)/t5-,6-,7-,8-,9-/m0/s1. The summed E-state index contributed by atoms with van der Waals surface area (Å²) in [6.07, 6.45) is -4.35. The number of methoxy groups -OCH3 is 1. The molecule has 0 aromatic rings. The van der Waals surface area contributed by atoms with Crippen LogP contribution in [-0.4, -0.2) is 65.6 Å². The summed E-state index contributed by atoms with van der Waals surface area (Å²) in [6.45, 7) is 0.842. The fourth-order valence-corrected chi connectivity index (χ4v) is 1.67. The molecule has 5 atom stereocenters. The van der Waals surface area contributed by atoms with Crippen LogP contribution in [0.4, 0.5) is 0 Å². The molecule has 16 heavy (non-hydrogen) atoms. The minimum Gasteiger partial charge on any atom is -0.394 e. The Morgan fingerprint density at radius 1 is 1.44 bits per heavy atom. The van der Waals surface area contributed by atoms with Crippen molar-refractivity contribution in [2.24, 2.45) is 0 Å². The van der Waals surface area contributed by atoms with Crippen LogP contribution in [0.5, 0.6) is 0 Å². The summed E-state index contributed by atoms with van der Waals surface area (Å²) in [4.78, 5) is 10.9. The highest BCUT2D eigenvalue weighted by atomic mass is 16.7. The van der Waals surface area contributed by atoms with E-state index in [9.17, 15) is 15.0 Å². The Kier molecular flexibility index (Phi) is 4.63. The second kappa shape index (κ2) is 5.55. The largest absolute Gasteiger partial charge is 0.394 e. The van der Waals surface area contributed by atoms with Gasteiger partial charge < -0.3 is 30.1 Å². The lowest BCUT2D eigenvalue weighted by molar-refractivity contribution is -0.262. The minimum absolute atomic E-state index is 0.371. The van der Waals surface area contributed by atoms with Gasteiger partial charge in [-0.3, -0.25) is 4.79 Å². The highest BCUT2D eigenvalue weighted by Gasteiger charge is 2.44. The zero-order chi connectivity index (χ0) is 12.3. The van der Waals surface area contributed by atoms with Gasteiger partial charge >= 0.3 is 0 Å². The van der Waals surface area contributed by atoms with E-state index in [0.29, 0.717) is 0 Å². The predicted molar refractivity (Wildman–Crippen MR) is 52.4 cm³/mol. The van der Waals surface area contributed by atoms with E-state index in [-0.39, 0.29) is 5.91 Å². The van der Waals surface area contributed by atoms with Crippen LogP contribution in [0.2, 0.25) is 0 Å². The quantitative estimate of drug-likeness (QED) is 0.433. The zero-order valence-electron chi connectivity index (χ0n) is 9.16. The van der Waals surface area contributed by atoms with Gasteiger partial charge in [0.2, 0.25) is 5.91 Å². The number of carbonyl (C=O) groups is 1. The molecular formula is C9H17NO6. The fraction of sp³-hybridized carbons (Fsp3) is 0.889. The van der Waals surface area contributed by atoms with E-state index in [0.717, 1.165) is 0 Å². The minimum atomic E-state index is -1.27. The molecular weight excluding hydrogens is 218 g/mol. The lowest BCUT2D eigenvalue weighted by atomic mass is 9.97. The monoisotopic (exact) mass is 235 g/mol. The molecule has 1 amide bonds. The number of ether oxygens (including phenoxy) is 2. The summed E-state index contributed by atoms with van der Waals surface area (Å²) in [5.41, 5.74) is 0. The molecule has 0 bridgehead atoms. The van der Waals surface area contributed by atoms with E-state index in [4.69, 9.17) is 14.6 Å². The van der Waals surface area contributed by atoms with Gasteiger partial charge in [0.05, 0.1) is 6.61 Å². The van der Waals surface area contributed by atoms with Crippen molar-refractivity contribution in [1.29, 1.82) is 0 Å².